The van der Waals surface area contributed by atoms with Gasteiger partial charge in [-0.3, -0.25) is 4.79 Å². The molecule has 0 atom stereocenters. The van der Waals surface area contributed by atoms with Gasteiger partial charge in [-0.15, -0.1) is 0 Å². The molecule has 3 aromatic rings. The Labute approximate surface area is 166 Å². The molecule has 0 fully saturated rings. The molecule has 0 saturated carbocycles. The lowest BCUT2D eigenvalue weighted by atomic mass is 10.1. The molecule has 144 valence electrons. The molecule has 3 rings (SSSR count). The van der Waals surface area contributed by atoms with Crippen LogP contribution in [0.4, 0.5) is 5.69 Å². The van der Waals surface area contributed by atoms with Gasteiger partial charge in [-0.1, -0.05) is 30.3 Å². The van der Waals surface area contributed by atoms with Crippen molar-refractivity contribution in [3.05, 3.63) is 77.6 Å². The smallest absolute Gasteiger partial charge is 0.336 e. The van der Waals surface area contributed by atoms with Gasteiger partial charge in [-0.25, -0.2) is 4.79 Å². The summed E-state index contributed by atoms with van der Waals surface area (Å²) in [5.74, 6) is -0.684. The third-order valence-corrected chi connectivity index (χ3v) is 4.06. The molecule has 0 unspecified atom stereocenters. The average Bonchev–Trinajstić information content (AvgIpc) is 3.20. The van der Waals surface area contributed by atoms with Crippen molar-refractivity contribution >= 4 is 23.6 Å². The van der Waals surface area contributed by atoms with E-state index in [0.29, 0.717) is 22.8 Å². The molecule has 0 aliphatic rings. The highest BCUT2D eigenvalue weighted by Gasteiger charge is 2.16. The van der Waals surface area contributed by atoms with Crippen molar-refractivity contribution in [2.45, 2.75) is 0 Å². The summed E-state index contributed by atoms with van der Waals surface area (Å²) in [4.78, 5) is 23.8. The van der Waals surface area contributed by atoms with Gasteiger partial charge in [0.1, 0.15) is 28.9 Å². The van der Waals surface area contributed by atoms with Crippen molar-refractivity contribution in [3.63, 3.8) is 0 Å². The Hall–Kier alpha value is -4.31. The summed E-state index contributed by atoms with van der Waals surface area (Å²) in [6.07, 6.45) is 1.29. The van der Waals surface area contributed by atoms with Crippen molar-refractivity contribution in [2.75, 3.05) is 12.4 Å². The van der Waals surface area contributed by atoms with Crippen LogP contribution in [0, 0.1) is 11.3 Å². The van der Waals surface area contributed by atoms with Gasteiger partial charge in [0, 0.05) is 11.6 Å². The quantitative estimate of drug-likeness (QED) is 0.483. The molecule has 1 aromatic heterocycles. The Bertz CT molecular complexity index is 1140. The Morgan fingerprint density at radius 1 is 1.10 bits per heavy atom. The lowest BCUT2D eigenvalue weighted by Gasteiger charge is -2.08. The first kappa shape index (κ1) is 19.5. The molecule has 0 aliphatic heterocycles. The van der Waals surface area contributed by atoms with Gasteiger partial charge < -0.3 is 19.6 Å². The van der Waals surface area contributed by atoms with Crippen molar-refractivity contribution in [1.82, 2.24) is 0 Å². The standard InChI is InChI=1S/C22H16N2O5/c1-28-20-9-5-4-8-18(20)24-21(25)14(13-23)12-15-10-11-19(29-15)16-6-2-3-7-17(16)22(26)27/h2-12H,1H3,(H,24,25)(H,26,27)/b14-12-. The number of hydrogen-bond donors (Lipinski definition) is 2. The molecule has 0 saturated heterocycles. The molecule has 0 radical (unpaired) electrons. The summed E-state index contributed by atoms with van der Waals surface area (Å²) in [6, 6.07) is 18.2. The third-order valence-electron chi connectivity index (χ3n) is 4.06. The normalized spacial score (nSPS) is 10.8. The first-order valence-electron chi connectivity index (χ1n) is 8.52. The Kier molecular flexibility index (Phi) is 5.76. The molecular weight excluding hydrogens is 372 g/mol. The number of amides is 1. The minimum absolute atomic E-state index is 0.0896. The van der Waals surface area contributed by atoms with E-state index in [1.54, 1.807) is 54.6 Å². The number of nitriles is 1. The van der Waals surface area contributed by atoms with Gasteiger partial charge in [-0.2, -0.15) is 5.26 Å². The van der Waals surface area contributed by atoms with Crippen molar-refractivity contribution in [1.29, 1.82) is 5.26 Å². The van der Waals surface area contributed by atoms with E-state index in [9.17, 15) is 20.0 Å². The van der Waals surface area contributed by atoms with E-state index >= 15 is 0 Å². The number of nitrogens with zero attached hydrogens (tertiary/aromatic N) is 1. The highest BCUT2D eigenvalue weighted by atomic mass is 16.5. The highest BCUT2D eigenvalue weighted by molar-refractivity contribution is 6.10. The second-order valence-electron chi connectivity index (χ2n) is 5.88. The Morgan fingerprint density at radius 3 is 2.55 bits per heavy atom. The van der Waals surface area contributed by atoms with Crippen LogP contribution in [0.25, 0.3) is 17.4 Å². The number of nitrogens with one attached hydrogen (secondary N) is 1. The number of hydrogen-bond acceptors (Lipinski definition) is 5. The van der Waals surface area contributed by atoms with E-state index in [4.69, 9.17) is 9.15 Å². The fourth-order valence-corrected chi connectivity index (χ4v) is 2.69. The van der Waals surface area contributed by atoms with E-state index in [1.165, 1.54) is 19.3 Å². The molecule has 2 aromatic carbocycles. The van der Waals surface area contributed by atoms with E-state index in [2.05, 4.69) is 5.32 Å². The Balaban J connectivity index is 1.87. The van der Waals surface area contributed by atoms with Crippen LogP contribution in [0.15, 0.2) is 70.7 Å². The maximum absolute atomic E-state index is 12.5. The van der Waals surface area contributed by atoms with Crippen LogP contribution in [0.2, 0.25) is 0 Å². The van der Waals surface area contributed by atoms with Gasteiger partial charge in [-0.05, 0) is 30.3 Å². The third kappa shape index (κ3) is 4.34. The first-order valence-corrected chi connectivity index (χ1v) is 8.52. The molecule has 1 heterocycles. The molecule has 29 heavy (non-hydrogen) atoms. The zero-order valence-electron chi connectivity index (χ0n) is 15.4. The highest BCUT2D eigenvalue weighted by Crippen LogP contribution is 2.27. The van der Waals surface area contributed by atoms with Crippen LogP contribution in [0.5, 0.6) is 5.75 Å². The van der Waals surface area contributed by atoms with Crippen LogP contribution >= 0.6 is 0 Å². The number of furan rings is 1. The van der Waals surface area contributed by atoms with Crippen LogP contribution in [-0.4, -0.2) is 24.1 Å². The van der Waals surface area contributed by atoms with Crippen molar-refractivity contribution < 1.29 is 23.8 Å². The minimum Gasteiger partial charge on any atom is -0.495 e. The van der Waals surface area contributed by atoms with E-state index in [1.807, 2.05) is 6.07 Å². The average molecular weight is 388 g/mol. The summed E-state index contributed by atoms with van der Waals surface area (Å²) in [7, 11) is 1.48. The molecule has 7 heteroatoms. The number of benzene rings is 2. The number of methoxy groups -OCH3 is 1. The summed E-state index contributed by atoms with van der Waals surface area (Å²) in [6.45, 7) is 0. The molecule has 7 nitrogen and oxygen atoms in total. The van der Waals surface area contributed by atoms with E-state index in [-0.39, 0.29) is 16.9 Å². The van der Waals surface area contributed by atoms with Gasteiger partial charge in [0.05, 0.1) is 18.4 Å². The van der Waals surface area contributed by atoms with Gasteiger partial charge in [0.25, 0.3) is 5.91 Å². The lowest BCUT2D eigenvalue weighted by molar-refractivity contribution is -0.112. The van der Waals surface area contributed by atoms with Crippen molar-refractivity contribution in [2.24, 2.45) is 0 Å². The first-order chi connectivity index (χ1) is 14.0. The summed E-state index contributed by atoms with van der Waals surface area (Å²) >= 11 is 0. The van der Waals surface area contributed by atoms with Gasteiger partial charge in [0.2, 0.25) is 0 Å². The number of carbonyl (C=O) groups excluding carboxylic acids is 1. The zero-order chi connectivity index (χ0) is 20.8. The monoisotopic (exact) mass is 388 g/mol. The maximum Gasteiger partial charge on any atom is 0.336 e. The fraction of sp³-hybridized carbons (Fsp3) is 0.0455. The number of carbonyl (C=O) groups is 2. The van der Waals surface area contributed by atoms with Crippen LogP contribution < -0.4 is 10.1 Å². The molecule has 0 aliphatic carbocycles. The van der Waals surface area contributed by atoms with Crippen LogP contribution in [0.1, 0.15) is 16.1 Å². The summed E-state index contributed by atoms with van der Waals surface area (Å²) in [5, 5.41) is 21.3. The van der Waals surface area contributed by atoms with E-state index < -0.39 is 11.9 Å². The number of aromatic carboxylic acids is 1. The van der Waals surface area contributed by atoms with Crippen LogP contribution in [0.3, 0.4) is 0 Å². The molecule has 0 bridgehead atoms. The predicted octanol–water partition coefficient (Wildman–Crippen LogP) is 4.20. The molecular formula is C22H16N2O5. The number of carboxylic acids is 1. The molecule has 1 amide bonds. The predicted molar refractivity (Wildman–Crippen MR) is 106 cm³/mol. The number of para-hydroxylation sites is 2. The fourth-order valence-electron chi connectivity index (χ4n) is 2.69. The van der Waals surface area contributed by atoms with Crippen LogP contribution in [-0.2, 0) is 4.79 Å². The summed E-state index contributed by atoms with van der Waals surface area (Å²) < 4.78 is 10.8. The Morgan fingerprint density at radius 2 is 1.83 bits per heavy atom. The van der Waals surface area contributed by atoms with E-state index in [0.717, 1.165) is 0 Å². The second kappa shape index (κ2) is 8.59. The SMILES string of the molecule is COc1ccccc1NC(=O)/C(C#N)=C\c1ccc(-c2ccccc2C(=O)O)o1. The number of carboxylic acid groups (broad SMARTS) is 1. The second-order valence-corrected chi connectivity index (χ2v) is 5.88. The lowest BCUT2D eigenvalue weighted by Crippen LogP contribution is -2.14. The molecule has 0 spiro atoms. The number of rotatable bonds is 6. The molecule has 2 N–H and O–H groups in total. The maximum atomic E-state index is 12.5. The van der Waals surface area contributed by atoms with Gasteiger partial charge >= 0.3 is 5.97 Å². The summed E-state index contributed by atoms with van der Waals surface area (Å²) in [5.41, 5.74) is 0.739. The largest absolute Gasteiger partial charge is 0.495 e. The van der Waals surface area contributed by atoms with Crippen molar-refractivity contribution in [3.8, 4) is 23.1 Å². The van der Waals surface area contributed by atoms with Gasteiger partial charge in [0.15, 0.2) is 0 Å². The minimum atomic E-state index is -1.08. The topological polar surface area (TPSA) is 113 Å². The number of ether oxygens (including phenoxy) is 1. The number of anilines is 1. The zero-order valence-corrected chi connectivity index (χ0v) is 15.4.